The Balaban J connectivity index is 1.89. The summed E-state index contributed by atoms with van der Waals surface area (Å²) in [4.78, 5) is 4.22. The lowest BCUT2D eigenvalue weighted by Gasteiger charge is -2.32. The first-order chi connectivity index (χ1) is 12.9. The maximum absolute atomic E-state index is 15.3. The summed E-state index contributed by atoms with van der Waals surface area (Å²) in [6.07, 6.45) is -1.59. The summed E-state index contributed by atoms with van der Waals surface area (Å²) >= 11 is 0. The van der Waals surface area contributed by atoms with Gasteiger partial charge < -0.3 is 13.7 Å². The fraction of sp³-hybridized carbons (Fsp3) is 0.526. The Labute approximate surface area is 160 Å². The van der Waals surface area contributed by atoms with E-state index >= 15 is 4.39 Å². The van der Waals surface area contributed by atoms with Crippen LogP contribution in [0.2, 0.25) is 0 Å². The molecular formula is C19H21BF4N2O2. The Morgan fingerprint density at radius 3 is 2.29 bits per heavy atom. The number of alkyl halides is 3. The second-order valence-corrected chi connectivity index (χ2v) is 8.36. The van der Waals surface area contributed by atoms with Crippen LogP contribution in [0.3, 0.4) is 0 Å². The van der Waals surface area contributed by atoms with Gasteiger partial charge in [0.15, 0.2) is 0 Å². The monoisotopic (exact) mass is 396 g/mol. The van der Waals surface area contributed by atoms with E-state index in [1.807, 2.05) is 0 Å². The molecule has 150 valence electrons. The van der Waals surface area contributed by atoms with Gasteiger partial charge in [-0.3, -0.25) is 0 Å². The number of nitrogens with zero attached hydrogens (tertiary/aromatic N) is 2. The van der Waals surface area contributed by atoms with Gasteiger partial charge in [0.2, 0.25) is 0 Å². The molecule has 0 unspecified atom stereocenters. The van der Waals surface area contributed by atoms with E-state index in [9.17, 15) is 13.2 Å². The summed E-state index contributed by atoms with van der Waals surface area (Å²) in [6, 6.07) is 4.83. The van der Waals surface area contributed by atoms with E-state index in [2.05, 4.69) is 4.98 Å². The minimum atomic E-state index is -4.96. The van der Waals surface area contributed by atoms with Gasteiger partial charge in [0.05, 0.1) is 16.7 Å². The summed E-state index contributed by atoms with van der Waals surface area (Å²) in [5, 5.41) is 0. The van der Waals surface area contributed by atoms with Gasteiger partial charge in [0, 0.05) is 12.1 Å². The SMILES string of the molecule is CC1(C)OB(C(F)=C(c2nc(C3CC3)n3ccccc23)C(F)(F)F)OC1(C)C. The van der Waals surface area contributed by atoms with Gasteiger partial charge in [-0.1, -0.05) is 6.07 Å². The minimum absolute atomic E-state index is 0.0954. The van der Waals surface area contributed by atoms with Crippen molar-refractivity contribution in [2.45, 2.75) is 63.8 Å². The Morgan fingerprint density at radius 1 is 1.14 bits per heavy atom. The van der Waals surface area contributed by atoms with Crippen molar-refractivity contribution in [3.05, 3.63) is 41.6 Å². The van der Waals surface area contributed by atoms with Crippen molar-refractivity contribution in [1.82, 2.24) is 9.38 Å². The summed E-state index contributed by atoms with van der Waals surface area (Å²) in [5.41, 5.74) is -5.08. The summed E-state index contributed by atoms with van der Waals surface area (Å²) < 4.78 is 69.9. The van der Waals surface area contributed by atoms with Gasteiger partial charge in [-0.25, -0.2) is 9.37 Å². The fourth-order valence-electron chi connectivity index (χ4n) is 3.32. The second kappa shape index (κ2) is 6.06. The molecule has 9 heteroatoms. The van der Waals surface area contributed by atoms with Gasteiger partial charge in [0.1, 0.15) is 22.8 Å². The van der Waals surface area contributed by atoms with Crippen LogP contribution in [0, 0.1) is 0 Å². The lowest BCUT2D eigenvalue weighted by atomic mass is 9.83. The Hall–Kier alpha value is -1.87. The first kappa shape index (κ1) is 19.5. The average Bonchev–Trinajstić information content (AvgIpc) is 3.30. The van der Waals surface area contributed by atoms with Crippen LogP contribution in [-0.4, -0.2) is 33.9 Å². The molecule has 0 bridgehead atoms. The van der Waals surface area contributed by atoms with Crippen molar-refractivity contribution in [2.24, 2.45) is 0 Å². The molecule has 1 aliphatic heterocycles. The van der Waals surface area contributed by atoms with Crippen LogP contribution >= 0.6 is 0 Å². The topological polar surface area (TPSA) is 35.8 Å². The zero-order chi connectivity index (χ0) is 20.5. The number of aromatic nitrogens is 2. The van der Waals surface area contributed by atoms with Crippen molar-refractivity contribution in [2.75, 3.05) is 0 Å². The van der Waals surface area contributed by atoms with E-state index in [0.29, 0.717) is 5.82 Å². The van der Waals surface area contributed by atoms with E-state index in [1.165, 1.54) is 6.07 Å². The molecule has 0 spiro atoms. The number of allylic oxidation sites excluding steroid dienone is 1. The number of fused-ring (bicyclic) bond motifs is 1. The molecule has 0 N–H and O–H groups in total. The van der Waals surface area contributed by atoms with E-state index in [0.717, 1.165) is 12.8 Å². The average molecular weight is 396 g/mol. The number of hydrogen-bond acceptors (Lipinski definition) is 3. The van der Waals surface area contributed by atoms with Gasteiger partial charge in [-0.2, -0.15) is 13.2 Å². The molecule has 1 aliphatic carbocycles. The number of pyridine rings is 1. The lowest BCUT2D eigenvalue weighted by Crippen LogP contribution is -2.41. The molecule has 0 atom stereocenters. The number of imidazole rings is 1. The summed E-state index contributed by atoms with van der Waals surface area (Å²) in [7, 11) is -1.74. The highest BCUT2D eigenvalue weighted by atomic mass is 19.4. The molecule has 2 aromatic heterocycles. The molecule has 2 fully saturated rings. The number of rotatable bonds is 3. The van der Waals surface area contributed by atoms with Gasteiger partial charge >= 0.3 is 13.3 Å². The highest BCUT2D eigenvalue weighted by Gasteiger charge is 2.56. The molecule has 1 saturated heterocycles. The zero-order valence-electron chi connectivity index (χ0n) is 16.1. The molecule has 0 radical (unpaired) electrons. The van der Waals surface area contributed by atoms with E-state index in [1.54, 1.807) is 50.4 Å². The molecule has 0 aromatic carbocycles. The van der Waals surface area contributed by atoms with E-state index < -0.39 is 41.5 Å². The van der Waals surface area contributed by atoms with E-state index in [4.69, 9.17) is 9.31 Å². The predicted molar refractivity (Wildman–Crippen MR) is 97.3 cm³/mol. The molecule has 0 amide bonds. The molecule has 2 aromatic rings. The fourth-order valence-corrected chi connectivity index (χ4v) is 3.32. The number of hydrogen-bond donors (Lipinski definition) is 0. The normalized spacial score (nSPS) is 22.6. The minimum Gasteiger partial charge on any atom is -0.398 e. The third-order valence-corrected chi connectivity index (χ3v) is 5.74. The lowest BCUT2D eigenvalue weighted by molar-refractivity contribution is -0.0701. The van der Waals surface area contributed by atoms with Crippen molar-refractivity contribution >= 4 is 18.2 Å². The Bertz CT molecular complexity index is 944. The zero-order valence-corrected chi connectivity index (χ0v) is 16.1. The summed E-state index contributed by atoms with van der Waals surface area (Å²) in [5.74, 6) is 0.618. The van der Waals surface area contributed by atoms with Crippen molar-refractivity contribution < 1.29 is 26.9 Å². The first-order valence-electron chi connectivity index (χ1n) is 9.22. The molecule has 2 aliphatic rings. The van der Waals surface area contributed by atoms with Crippen molar-refractivity contribution in [1.29, 1.82) is 0 Å². The van der Waals surface area contributed by atoms with Gasteiger partial charge in [-0.15, -0.1) is 0 Å². The molecule has 28 heavy (non-hydrogen) atoms. The molecule has 3 heterocycles. The Kier molecular flexibility index (Phi) is 4.21. The first-order valence-corrected chi connectivity index (χ1v) is 9.22. The van der Waals surface area contributed by atoms with Gasteiger partial charge in [-0.05, 0) is 52.7 Å². The van der Waals surface area contributed by atoms with Crippen molar-refractivity contribution in [3.8, 4) is 0 Å². The smallest absolute Gasteiger partial charge is 0.398 e. The standard InChI is InChI=1S/C19H21BF4N2O2/c1-17(2)18(3,4)28-20(27-17)15(21)13(19(22,23)24)14-12-7-5-6-10-26(12)16(25-14)11-8-9-11/h5-7,10-11H,8-9H2,1-4H3. The molecular weight excluding hydrogens is 375 g/mol. The van der Waals surface area contributed by atoms with Crippen LogP contribution in [0.25, 0.3) is 11.1 Å². The highest BCUT2D eigenvalue weighted by Crippen LogP contribution is 2.46. The van der Waals surface area contributed by atoms with Crippen molar-refractivity contribution in [3.63, 3.8) is 0 Å². The summed E-state index contributed by atoms with van der Waals surface area (Å²) in [6.45, 7) is 6.63. The van der Waals surface area contributed by atoms with Crippen LogP contribution in [0.15, 0.2) is 30.1 Å². The van der Waals surface area contributed by atoms with Gasteiger partial charge in [0.25, 0.3) is 0 Å². The molecule has 1 saturated carbocycles. The van der Waals surface area contributed by atoms with Crippen LogP contribution in [-0.2, 0) is 9.31 Å². The number of halogens is 4. The van der Waals surface area contributed by atoms with Crippen LogP contribution in [0.1, 0.15) is 58.0 Å². The molecule has 4 nitrogen and oxygen atoms in total. The third kappa shape index (κ3) is 3.04. The maximum atomic E-state index is 15.3. The van der Waals surface area contributed by atoms with Crippen LogP contribution in [0.4, 0.5) is 17.6 Å². The maximum Gasteiger partial charge on any atom is 0.525 e. The predicted octanol–water partition coefficient (Wildman–Crippen LogP) is 5.09. The quantitative estimate of drug-likeness (QED) is 0.536. The third-order valence-electron chi connectivity index (χ3n) is 5.74. The largest absolute Gasteiger partial charge is 0.525 e. The van der Waals surface area contributed by atoms with E-state index in [-0.39, 0.29) is 11.4 Å². The Morgan fingerprint density at radius 2 is 1.75 bits per heavy atom. The second-order valence-electron chi connectivity index (χ2n) is 8.36. The van der Waals surface area contributed by atoms with Crippen LogP contribution in [0.5, 0.6) is 0 Å². The highest BCUT2D eigenvalue weighted by molar-refractivity contribution is 6.55. The molecule has 4 rings (SSSR count). The van der Waals surface area contributed by atoms with Crippen LogP contribution < -0.4 is 0 Å².